The summed E-state index contributed by atoms with van der Waals surface area (Å²) >= 11 is 0. The second-order valence-electron chi connectivity index (χ2n) is 6.22. The highest BCUT2D eigenvalue weighted by Crippen LogP contribution is 2.30. The van der Waals surface area contributed by atoms with E-state index in [1.165, 1.54) is 24.5 Å². The first-order chi connectivity index (χ1) is 13.4. The van der Waals surface area contributed by atoms with Crippen molar-refractivity contribution in [3.8, 4) is 17.0 Å². The Labute approximate surface area is 158 Å². The van der Waals surface area contributed by atoms with Gasteiger partial charge in [0, 0.05) is 23.3 Å². The van der Waals surface area contributed by atoms with Crippen LogP contribution in [0.2, 0.25) is 0 Å². The van der Waals surface area contributed by atoms with Gasteiger partial charge in [-0.15, -0.1) is 13.2 Å². The van der Waals surface area contributed by atoms with Crippen molar-refractivity contribution < 1.29 is 17.9 Å². The van der Waals surface area contributed by atoms with Crippen molar-refractivity contribution in [3.05, 3.63) is 60.8 Å². The molecule has 0 radical (unpaired) electrons. The third-order valence-electron chi connectivity index (χ3n) is 4.41. The average Bonchev–Trinajstić information content (AvgIpc) is 3.30. The van der Waals surface area contributed by atoms with Crippen molar-refractivity contribution in [3.63, 3.8) is 0 Å². The van der Waals surface area contributed by atoms with E-state index in [9.17, 15) is 13.2 Å². The van der Waals surface area contributed by atoms with E-state index in [-0.39, 0.29) is 11.8 Å². The molecule has 0 saturated carbocycles. The second kappa shape index (κ2) is 6.99. The number of aromatic amines is 1. The van der Waals surface area contributed by atoms with Crippen LogP contribution in [0.1, 0.15) is 24.9 Å². The molecule has 4 aromatic rings. The van der Waals surface area contributed by atoms with Gasteiger partial charge in [-0.25, -0.2) is 9.97 Å². The summed E-state index contributed by atoms with van der Waals surface area (Å²) < 4.78 is 43.3. The number of fused-ring (bicyclic) bond motifs is 1. The summed E-state index contributed by atoms with van der Waals surface area (Å²) in [7, 11) is 0. The second-order valence-corrected chi connectivity index (χ2v) is 6.22. The molecule has 4 rings (SSSR count). The van der Waals surface area contributed by atoms with Gasteiger partial charge in [0.2, 0.25) is 0 Å². The summed E-state index contributed by atoms with van der Waals surface area (Å²) in [6, 6.07) is 7.61. The SMILES string of the molecule is CCC(c1cccc(OC(F)(F)F)c1)n1cc(-c2ncnc3[nH]ccc23)cn1. The molecule has 28 heavy (non-hydrogen) atoms. The summed E-state index contributed by atoms with van der Waals surface area (Å²) in [5.41, 5.74) is 2.94. The number of H-pyrrole nitrogens is 1. The van der Waals surface area contributed by atoms with Crippen molar-refractivity contribution in [1.82, 2.24) is 24.7 Å². The molecule has 1 aromatic carbocycles. The highest BCUT2D eigenvalue weighted by atomic mass is 19.4. The Morgan fingerprint density at radius 3 is 2.86 bits per heavy atom. The topological polar surface area (TPSA) is 68.6 Å². The molecular formula is C19H16F3N5O. The van der Waals surface area contributed by atoms with E-state index in [1.807, 2.05) is 19.2 Å². The van der Waals surface area contributed by atoms with Crippen molar-refractivity contribution in [2.75, 3.05) is 0 Å². The van der Waals surface area contributed by atoms with E-state index in [0.717, 1.165) is 22.3 Å². The Kier molecular flexibility index (Phi) is 4.50. The lowest BCUT2D eigenvalue weighted by Gasteiger charge is -2.17. The number of halogens is 3. The zero-order valence-electron chi connectivity index (χ0n) is 14.8. The molecule has 0 saturated heterocycles. The number of ether oxygens (including phenoxy) is 1. The summed E-state index contributed by atoms with van der Waals surface area (Å²) in [5, 5.41) is 5.29. The molecule has 1 atom stereocenters. The Bertz CT molecular complexity index is 1100. The van der Waals surface area contributed by atoms with Crippen LogP contribution in [0.4, 0.5) is 13.2 Å². The largest absolute Gasteiger partial charge is 0.573 e. The van der Waals surface area contributed by atoms with E-state index >= 15 is 0 Å². The molecule has 144 valence electrons. The minimum atomic E-state index is -4.73. The van der Waals surface area contributed by atoms with Crippen LogP contribution in [0.15, 0.2) is 55.2 Å². The predicted molar refractivity (Wildman–Crippen MR) is 96.7 cm³/mol. The number of hydrogen-bond acceptors (Lipinski definition) is 4. The summed E-state index contributed by atoms with van der Waals surface area (Å²) in [4.78, 5) is 11.6. The molecule has 0 amide bonds. The van der Waals surface area contributed by atoms with Gasteiger partial charge in [0.05, 0.1) is 17.9 Å². The quantitative estimate of drug-likeness (QED) is 0.538. The third kappa shape index (κ3) is 3.55. The van der Waals surface area contributed by atoms with E-state index < -0.39 is 6.36 Å². The van der Waals surface area contributed by atoms with Crippen molar-refractivity contribution in [1.29, 1.82) is 0 Å². The number of aromatic nitrogens is 5. The van der Waals surface area contributed by atoms with E-state index in [4.69, 9.17) is 0 Å². The molecular weight excluding hydrogens is 371 g/mol. The van der Waals surface area contributed by atoms with Crippen molar-refractivity contribution in [2.45, 2.75) is 25.7 Å². The van der Waals surface area contributed by atoms with Crippen molar-refractivity contribution in [2.24, 2.45) is 0 Å². The van der Waals surface area contributed by atoms with E-state index in [2.05, 4.69) is 24.8 Å². The molecule has 0 aliphatic carbocycles. The van der Waals surface area contributed by atoms with E-state index in [0.29, 0.717) is 12.0 Å². The molecule has 0 bridgehead atoms. The molecule has 0 fully saturated rings. The van der Waals surface area contributed by atoms with Gasteiger partial charge in [-0.3, -0.25) is 4.68 Å². The lowest BCUT2D eigenvalue weighted by molar-refractivity contribution is -0.274. The number of nitrogens with one attached hydrogen (secondary N) is 1. The number of hydrogen-bond donors (Lipinski definition) is 1. The molecule has 3 aromatic heterocycles. The minimum Gasteiger partial charge on any atom is -0.406 e. The van der Waals surface area contributed by atoms with Crippen LogP contribution in [0.5, 0.6) is 5.75 Å². The lowest BCUT2D eigenvalue weighted by Crippen LogP contribution is -2.17. The number of benzene rings is 1. The smallest absolute Gasteiger partial charge is 0.406 e. The zero-order valence-corrected chi connectivity index (χ0v) is 14.8. The molecule has 1 unspecified atom stereocenters. The van der Waals surface area contributed by atoms with Gasteiger partial charge in [-0.2, -0.15) is 5.10 Å². The number of rotatable bonds is 5. The van der Waals surface area contributed by atoms with Crippen LogP contribution in [0, 0.1) is 0 Å². The fourth-order valence-corrected chi connectivity index (χ4v) is 3.23. The third-order valence-corrected chi connectivity index (χ3v) is 4.41. The van der Waals surface area contributed by atoms with Gasteiger partial charge in [0.1, 0.15) is 17.7 Å². The molecule has 9 heteroatoms. The van der Waals surface area contributed by atoms with Gasteiger partial charge in [0.15, 0.2) is 0 Å². The van der Waals surface area contributed by atoms with E-state index in [1.54, 1.807) is 23.1 Å². The van der Waals surface area contributed by atoms with Crippen LogP contribution in [-0.2, 0) is 0 Å². The first-order valence-electron chi connectivity index (χ1n) is 8.63. The van der Waals surface area contributed by atoms with Gasteiger partial charge >= 0.3 is 6.36 Å². The molecule has 3 heterocycles. The Hall–Kier alpha value is -3.36. The summed E-state index contributed by atoms with van der Waals surface area (Å²) in [6.45, 7) is 1.94. The van der Waals surface area contributed by atoms with Crippen molar-refractivity contribution >= 4 is 11.0 Å². The average molecular weight is 387 g/mol. The number of nitrogens with zero attached hydrogens (tertiary/aromatic N) is 4. The first-order valence-corrected chi connectivity index (χ1v) is 8.63. The minimum absolute atomic E-state index is 0.242. The van der Waals surface area contributed by atoms with Crippen LogP contribution >= 0.6 is 0 Å². The van der Waals surface area contributed by atoms with Crippen LogP contribution in [-0.4, -0.2) is 31.1 Å². The summed E-state index contributed by atoms with van der Waals surface area (Å²) in [5.74, 6) is -0.249. The molecule has 6 nitrogen and oxygen atoms in total. The van der Waals surface area contributed by atoms with Crippen LogP contribution < -0.4 is 4.74 Å². The van der Waals surface area contributed by atoms with Gasteiger partial charge in [-0.05, 0) is 30.2 Å². The Balaban J connectivity index is 1.67. The molecule has 0 aliphatic rings. The summed E-state index contributed by atoms with van der Waals surface area (Å²) in [6.07, 6.45) is 2.69. The molecule has 0 spiro atoms. The maximum Gasteiger partial charge on any atom is 0.573 e. The zero-order chi connectivity index (χ0) is 19.7. The monoisotopic (exact) mass is 387 g/mol. The molecule has 1 N–H and O–H groups in total. The Morgan fingerprint density at radius 2 is 2.07 bits per heavy atom. The van der Waals surface area contributed by atoms with Gasteiger partial charge in [-0.1, -0.05) is 19.1 Å². The van der Waals surface area contributed by atoms with Crippen LogP contribution in [0.25, 0.3) is 22.3 Å². The maximum absolute atomic E-state index is 12.5. The first kappa shape index (κ1) is 18.0. The fraction of sp³-hybridized carbons (Fsp3) is 0.211. The predicted octanol–water partition coefficient (Wildman–Crippen LogP) is 4.72. The lowest BCUT2D eigenvalue weighted by atomic mass is 10.0. The number of alkyl halides is 3. The standard InChI is InChI=1S/C19H16F3N5O/c1-2-16(12-4-3-5-14(8-12)28-19(20,21)22)27-10-13(9-26-27)17-15-6-7-23-18(15)25-11-24-17/h3-11,16H,2H2,1H3,(H,23,24,25). The molecule has 0 aliphatic heterocycles. The highest BCUT2D eigenvalue weighted by molar-refractivity contribution is 5.89. The normalized spacial score (nSPS) is 13.0. The van der Waals surface area contributed by atoms with Crippen LogP contribution in [0.3, 0.4) is 0 Å². The maximum atomic E-state index is 12.5. The fourth-order valence-electron chi connectivity index (χ4n) is 3.23. The van der Waals surface area contributed by atoms with Gasteiger partial charge < -0.3 is 9.72 Å². The Morgan fingerprint density at radius 1 is 1.21 bits per heavy atom. The van der Waals surface area contributed by atoms with Gasteiger partial charge in [0.25, 0.3) is 0 Å². The highest BCUT2D eigenvalue weighted by Gasteiger charge is 2.31.